The predicted molar refractivity (Wildman–Crippen MR) is 63.4 cm³/mol. The fraction of sp³-hybridized carbons (Fsp3) is 0.500. The van der Waals surface area contributed by atoms with Crippen LogP contribution in [-0.2, 0) is 0 Å². The summed E-state index contributed by atoms with van der Waals surface area (Å²) in [6.07, 6.45) is -0.359. The van der Waals surface area contributed by atoms with Crippen LogP contribution >= 0.6 is 15.9 Å². The van der Waals surface area contributed by atoms with E-state index in [2.05, 4.69) is 28.1 Å². The Balaban J connectivity index is 3.15. The second-order valence-corrected chi connectivity index (χ2v) is 5.00. The quantitative estimate of drug-likeness (QED) is 0.855. The van der Waals surface area contributed by atoms with Gasteiger partial charge in [-0.15, -0.1) is 0 Å². The van der Waals surface area contributed by atoms with Gasteiger partial charge in [0.2, 0.25) is 0 Å². The summed E-state index contributed by atoms with van der Waals surface area (Å²) in [4.78, 5) is 0. The third-order valence-corrected chi connectivity index (χ3v) is 3.35. The minimum absolute atomic E-state index is 0.259. The lowest BCUT2D eigenvalue weighted by Crippen LogP contribution is -2.07. The summed E-state index contributed by atoms with van der Waals surface area (Å²) in [6, 6.07) is 4.13. The molecule has 1 N–H and O–H groups in total. The van der Waals surface area contributed by atoms with Gasteiger partial charge in [0.15, 0.2) is 0 Å². The maximum absolute atomic E-state index is 9.98. The van der Waals surface area contributed by atoms with Crippen LogP contribution in [-0.4, -0.2) is 5.11 Å². The molecule has 1 aromatic rings. The first kappa shape index (κ1) is 11.7. The number of hydrogen-bond acceptors (Lipinski definition) is 1. The fourth-order valence-electron chi connectivity index (χ4n) is 1.48. The number of hydrogen-bond donors (Lipinski definition) is 1. The van der Waals surface area contributed by atoms with Gasteiger partial charge in [0.25, 0.3) is 0 Å². The first-order chi connectivity index (χ1) is 6.43. The Morgan fingerprint density at radius 1 is 1.14 bits per heavy atom. The minimum Gasteiger partial charge on any atom is -0.388 e. The lowest BCUT2D eigenvalue weighted by molar-refractivity contribution is 0.126. The molecule has 1 aromatic carbocycles. The summed E-state index contributed by atoms with van der Waals surface area (Å²) in [5.41, 5.74) is 3.36. The van der Waals surface area contributed by atoms with Gasteiger partial charge in [-0.25, -0.2) is 0 Å². The van der Waals surface area contributed by atoms with Crippen LogP contribution in [0.4, 0.5) is 0 Å². The highest BCUT2D eigenvalue weighted by molar-refractivity contribution is 9.10. The number of rotatable bonds is 2. The van der Waals surface area contributed by atoms with Gasteiger partial charge in [-0.1, -0.05) is 35.8 Å². The molecule has 78 valence electrons. The van der Waals surface area contributed by atoms with Crippen molar-refractivity contribution in [2.45, 2.75) is 33.8 Å². The second-order valence-electron chi connectivity index (χ2n) is 4.15. The van der Waals surface area contributed by atoms with Crippen LogP contribution < -0.4 is 0 Å². The molecule has 0 amide bonds. The first-order valence-corrected chi connectivity index (χ1v) is 5.67. The zero-order valence-electron chi connectivity index (χ0n) is 9.13. The van der Waals surface area contributed by atoms with Gasteiger partial charge in [0.05, 0.1) is 6.10 Å². The van der Waals surface area contributed by atoms with E-state index >= 15 is 0 Å². The molecule has 0 fully saturated rings. The Labute approximate surface area is 94.3 Å². The van der Waals surface area contributed by atoms with Gasteiger partial charge in [-0.05, 0) is 42.5 Å². The zero-order valence-corrected chi connectivity index (χ0v) is 10.7. The molecule has 0 saturated heterocycles. The Morgan fingerprint density at radius 3 is 2.21 bits per heavy atom. The van der Waals surface area contributed by atoms with Gasteiger partial charge >= 0.3 is 0 Å². The van der Waals surface area contributed by atoms with Crippen molar-refractivity contribution >= 4 is 15.9 Å². The molecule has 0 aromatic heterocycles. The van der Waals surface area contributed by atoms with Crippen LogP contribution in [0.3, 0.4) is 0 Å². The monoisotopic (exact) mass is 256 g/mol. The molecule has 1 unspecified atom stereocenters. The average Bonchev–Trinajstić information content (AvgIpc) is 2.10. The molecule has 0 radical (unpaired) electrons. The van der Waals surface area contributed by atoms with Crippen LogP contribution in [0.1, 0.15) is 36.6 Å². The van der Waals surface area contributed by atoms with Crippen molar-refractivity contribution in [2.24, 2.45) is 5.92 Å². The summed E-state index contributed by atoms with van der Waals surface area (Å²) >= 11 is 3.48. The fourth-order valence-corrected chi connectivity index (χ4v) is 1.94. The van der Waals surface area contributed by atoms with E-state index in [-0.39, 0.29) is 12.0 Å². The molecule has 0 bridgehead atoms. The van der Waals surface area contributed by atoms with Gasteiger partial charge in [0.1, 0.15) is 0 Å². The van der Waals surface area contributed by atoms with E-state index in [4.69, 9.17) is 0 Å². The number of aliphatic hydroxyl groups is 1. The van der Waals surface area contributed by atoms with E-state index < -0.39 is 0 Å². The summed E-state index contributed by atoms with van der Waals surface area (Å²) < 4.78 is 1.11. The lowest BCUT2D eigenvalue weighted by atomic mass is 9.94. The first-order valence-electron chi connectivity index (χ1n) is 4.88. The van der Waals surface area contributed by atoms with Crippen LogP contribution in [0, 0.1) is 19.8 Å². The maximum atomic E-state index is 9.98. The second kappa shape index (κ2) is 4.45. The molecule has 0 heterocycles. The number of benzene rings is 1. The number of aryl methyl sites for hydroxylation is 2. The van der Waals surface area contributed by atoms with Gasteiger partial charge < -0.3 is 5.11 Å². The van der Waals surface area contributed by atoms with E-state index in [1.165, 1.54) is 5.56 Å². The highest BCUT2D eigenvalue weighted by Crippen LogP contribution is 2.28. The van der Waals surface area contributed by atoms with Crippen molar-refractivity contribution in [3.8, 4) is 0 Å². The normalized spacial score (nSPS) is 13.4. The molecule has 0 spiro atoms. The Hall–Kier alpha value is -0.340. The Bertz CT molecular complexity index is 331. The molecular formula is C12H17BrO. The van der Waals surface area contributed by atoms with Crippen LogP contribution in [0.15, 0.2) is 16.6 Å². The summed E-state index contributed by atoms with van der Waals surface area (Å²) in [6.45, 7) is 8.13. The van der Waals surface area contributed by atoms with Gasteiger partial charge in [0, 0.05) is 4.47 Å². The molecule has 0 aliphatic heterocycles. The van der Waals surface area contributed by atoms with Crippen LogP contribution in [0.2, 0.25) is 0 Å². The van der Waals surface area contributed by atoms with E-state index in [0.29, 0.717) is 0 Å². The van der Waals surface area contributed by atoms with E-state index in [1.54, 1.807) is 0 Å². The third-order valence-electron chi connectivity index (χ3n) is 2.50. The molecule has 0 aliphatic rings. The largest absolute Gasteiger partial charge is 0.388 e. The standard InChI is InChI=1S/C12H17BrO/c1-7(2)12(14)10-5-9(4)11(13)6-8(10)3/h5-7,12,14H,1-4H3. The van der Waals surface area contributed by atoms with E-state index in [1.807, 2.05) is 27.7 Å². The van der Waals surface area contributed by atoms with Crippen molar-refractivity contribution in [1.29, 1.82) is 0 Å². The van der Waals surface area contributed by atoms with Crippen molar-refractivity contribution in [3.05, 3.63) is 33.3 Å². The molecule has 1 atom stereocenters. The SMILES string of the molecule is Cc1cc(C(O)C(C)C)c(C)cc1Br. The minimum atomic E-state index is -0.359. The molecule has 2 heteroatoms. The van der Waals surface area contributed by atoms with Crippen molar-refractivity contribution < 1.29 is 5.11 Å². The topological polar surface area (TPSA) is 20.2 Å². The predicted octanol–water partition coefficient (Wildman–Crippen LogP) is 3.76. The highest BCUT2D eigenvalue weighted by Gasteiger charge is 2.15. The summed E-state index contributed by atoms with van der Waals surface area (Å²) in [7, 11) is 0. The number of halogens is 1. The molecule has 0 saturated carbocycles. The van der Waals surface area contributed by atoms with Crippen molar-refractivity contribution in [1.82, 2.24) is 0 Å². The molecule has 1 rings (SSSR count). The Morgan fingerprint density at radius 2 is 1.71 bits per heavy atom. The average molecular weight is 257 g/mol. The smallest absolute Gasteiger partial charge is 0.0815 e. The molecular weight excluding hydrogens is 240 g/mol. The van der Waals surface area contributed by atoms with Crippen LogP contribution in [0.5, 0.6) is 0 Å². The number of aliphatic hydroxyl groups excluding tert-OH is 1. The maximum Gasteiger partial charge on any atom is 0.0815 e. The summed E-state index contributed by atoms with van der Waals surface area (Å²) in [5, 5.41) is 9.98. The van der Waals surface area contributed by atoms with E-state index in [0.717, 1.165) is 15.6 Å². The van der Waals surface area contributed by atoms with Crippen LogP contribution in [0.25, 0.3) is 0 Å². The van der Waals surface area contributed by atoms with Gasteiger partial charge in [-0.2, -0.15) is 0 Å². The Kier molecular flexibility index (Phi) is 3.73. The zero-order chi connectivity index (χ0) is 10.9. The third kappa shape index (κ3) is 2.37. The lowest BCUT2D eigenvalue weighted by Gasteiger charge is -2.18. The van der Waals surface area contributed by atoms with E-state index in [9.17, 15) is 5.11 Å². The summed E-state index contributed by atoms with van der Waals surface area (Å²) in [5.74, 6) is 0.259. The molecule has 14 heavy (non-hydrogen) atoms. The van der Waals surface area contributed by atoms with Crippen molar-refractivity contribution in [3.63, 3.8) is 0 Å². The highest BCUT2D eigenvalue weighted by atomic mass is 79.9. The molecule has 1 nitrogen and oxygen atoms in total. The van der Waals surface area contributed by atoms with Crippen molar-refractivity contribution in [2.75, 3.05) is 0 Å². The molecule has 0 aliphatic carbocycles. The van der Waals surface area contributed by atoms with Gasteiger partial charge in [-0.3, -0.25) is 0 Å².